The third-order valence-electron chi connectivity index (χ3n) is 2.59. The number of nitrogens with one attached hydrogen (secondary N) is 1. The van der Waals surface area contributed by atoms with E-state index in [0.29, 0.717) is 12.6 Å². The van der Waals surface area contributed by atoms with Crippen LogP contribution in [0.4, 0.5) is 20.2 Å². The zero-order valence-corrected chi connectivity index (χ0v) is 10.4. The molecule has 0 bridgehead atoms. The lowest BCUT2D eigenvalue weighted by atomic mass is 10.2. The lowest BCUT2D eigenvalue weighted by molar-refractivity contribution is -0.384. The van der Waals surface area contributed by atoms with Crippen LogP contribution in [0.5, 0.6) is 0 Å². The number of hydrogen-bond donors (Lipinski definition) is 1. The first kappa shape index (κ1) is 14.8. The lowest BCUT2D eigenvalue weighted by Crippen LogP contribution is -2.32. The molecule has 1 amide bonds. The molecule has 0 fully saturated rings. The number of benzene rings is 1. The number of amides is 1. The number of carbonyl (C=O) groups is 1. The SMILES string of the molecule is CCN(C)C(=O)CNc1c([N+](=O)[O-])ccc(F)c1F. The van der Waals surface area contributed by atoms with Crippen LogP contribution in [0.3, 0.4) is 0 Å². The van der Waals surface area contributed by atoms with E-state index in [-0.39, 0.29) is 12.5 Å². The molecule has 0 saturated heterocycles. The van der Waals surface area contributed by atoms with Crippen LogP contribution in [-0.4, -0.2) is 35.9 Å². The van der Waals surface area contributed by atoms with Gasteiger partial charge in [0, 0.05) is 19.7 Å². The number of nitro groups is 1. The minimum Gasteiger partial charge on any atom is -0.368 e. The van der Waals surface area contributed by atoms with Crippen LogP contribution < -0.4 is 5.32 Å². The highest BCUT2D eigenvalue weighted by Gasteiger charge is 2.22. The van der Waals surface area contributed by atoms with Gasteiger partial charge in [0.2, 0.25) is 5.91 Å². The van der Waals surface area contributed by atoms with Gasteiger partial charge < -0.3 is 10.2 Å². The van der Waals surface area contributed by atoms with Crippen molar-refractivity contribution in [1.29, 1.82) is 0 Å². The van der Waals surface area contributed by atoms with Gasteiger partial charge in [-0.25, -0.2) is 8.78 Å². The standard InChI is InChI=1S/C11H13F2N3O3/c1-3-15(2)9(17)6-14-11-8(16(18)19)5-4-7(12)10(11)13/h4-5,14H,3,6H2,1-2H3. The Hall–Kier alpha value is -2.25. The molecule has 1 aromatic carbocycles. The maximum Gasteiger partial charge on any atom is 0.295 e. The molecule has 6 nitrogen and oxygen atoms in total. The average molecular weight is 273 g/mol. The van der Waals surface area contributed by atoms with Gasteiger partial charge in [0.25, 0.3) is 5.69 Å². The number of anilines is 1. The predicted molar refractivity (Wildman–Crippen MR) is 64.8 cm³/mol. The topological polar surface area (TPSA) is 75.5 Å². The van der Waals surface area contributed by atoms with Crippen molar-refractivity contribution < 1.29 is 18.5 Å². The first-order valence-electron chi connectivity index (χ1n) is 5.48. The highest BCUT2D eigenvalue weighted by Crippen LogP contribution is 2.28. The number of nitro benzene ring substituents is 1. The number of nitrogens with zero attached hydrogens (tertiary/aromatic N) is 2. The first-order valence-corrected chi connectivity index (χ1v) is 5.48. The monoisotopic (exact) mass is 273 g/mol. The summed E-state index contributed by atoms with van der Waals surface area (Å²) in [6, 6.07) is 1.51. The third kappa shape index (κ3) is 3.36. The molecule has 8 heteroatoms. The molecule has 0 atom stereocenters. The Kier molecular flexibility index (Phi) is 4.74. The van der Waals surface area contributed by atoms with Gasteiger partial charge in [-0.05, 0) is 13.0 Å². The second-order valence-electron chi connectivity index (χ2n) is 3.77. The molecule has 19 heavy (non-hydrogen) atoms. The summed E-state index contributed by atoms with van der Waals surface area (Å²) in [7, 11) is 1.53. The Morgan fingerprint density at radius 2 is 2.11 bits per heavy atom. The number of hydrogen-bond acceptors (Lipinski definition) is 4. The summed E-state index contributed by atoms with van der Waals surface area (Å²) in [6.07, 6.45) is 0. The predicted octanol–water partition coefficient (Wildman–Crippen LogP) is 1.76. The van der Waals surface area contributed by atoms with Crippen molar-refractivity contribution in [2.45, 2.75) is 6.92 Å². The van der Waals surface area contributed by atoms with E-state index in [1.54, 1.807) is 6.92 Å². The molecule has 0 aromatic heterocycles. The quantitative estimate of drug-likeness (QED) is 0.655. The minimum atomic E-state index is -1.37. The summed E-state index contributed by atoms with van der Waals surface area (Å²) in [4.78, 5) is 22.7. The zero-order chi connectivity index (χ0) is 14.6. The van der Waals surface area contributed by atoms with E-state index in [2.05, 4.69) is 5.32 Å². The minimum absolute atomic E-state index is 0.356. The first-order chi connectivity index (χ1) is 8.88. The van der Waals surface area contributed by atoms with Crippen LogP contribution in [0, 0.1) is 21.7 Å². The van der Waals surface area contributed by atoms with E-state index in [1.807, 2.05) is 0 Å². The van der Waals surface area contributed by atoms with E-state index in [1.165, 1.54) is 11.9 Å². The van der Waals surface area contributed by atoms with E-state index >= 15 is 0 Å². The van der Waals surface area contributed by atoms with Gasteiger partial charge in [0.15, 0.2) is 17.3 Å². The average Bonchev–Trinajstić information content (AvgIpc) is 2.38. The van der Waals surface area contributed by atoms with Crippen molar-refractivity contribution in [2.24, 2.45) is 0 Å². The fraction of sp³-hybridized carbons (Fsp3) is 0.364. The van der Waals surface area contributed by atoms with Crippen LogP contribution in [0.1, 0.15) is 6.92 Å². The molecule has 1 aromatic rings. The molecule has 0 spiro atoms. The van der Waals surface area contributed by atoms with Gasteiger partial charge in [0.05, 0.1) is 11.5 Å². The fourth-order valence-electron chi connectivity index (χ4n) is 1.34. The summed E-state index contributed by atoms with van der Waals surface area (Å²) in [5.74, 6) is -2.98. The Balaban J connectivity index is 2.97. The molecule has 104 valence electrons. The van der Waals surface area contributed by atoms with E-state index in [0.717, 1.165) is 6.07 Å². The van der Waals surface area contributed by atoms with Gasteiger partial charge >= 0.3 is 0 Å². The van der Waals surface area contributed by atoms with E-state index in [4.69, 9.17) is 0 Å². The molecule has 0 radical (unpaired) electrons. The molecule has 1 rings (SSSR count). The molecule has 1 N–H and O–H groups in total. The van der Waals surface area contributed by atoms with Crippen LogP contribution in [0.2, 0.25) is 0 Å². The smallest absolute Gasteiger partial charge is 0.295 e. The van der Waals surface area contributed by atoms with Crippen LogP contribution in [0.25, 0.3) is 0 Å². The van der Waals surface area contributed by atoms with Crippen molar-refractivity contribution in [3.05, 3.63) is 33.9 Å². The molecule has 0 aliphatic heterocycles. The summed E-state index contributed by atoms with van der Waals surface area (Å²) in [6.45, 7) is 1.82. The van der Waals surface area contributed by atoms with Gasteiger partial charge in [-0.3, -0.25) is 14.9 Å². The van der Waals surface area contributed by atoms with E-state index in [9.17, 15) is 23.7 Å². The maximum atomic E-state index is 13.5. The summed E-state index contributed by atoms with van der Waals surface area (Å²) in [5, 5.41) is 13.0. The third-order valence-corrected chi connectivity index (χ3v) is 2.59. The lowest BCUT2D eigenvalue weighted by Gasteiger charge is -2.15. The normalized spacial score (nSPS) is 10.1. The van der Waals surface area contributed by atoms with Crippen molar-refractivity contribution in [3.8, 4) is 0 Å². The van der Waals surface area contributed by atoms with Crippen LogP contribution in [0.15, 0.2) is 12.1 Å². The Morgan fingerprint density at radius 3 is 2.63 bits per heavy atom. The number of halogens is 2. The maximum absolute atomic E-state index is 13.5. The van der Waals surface area contributed by atoms with Gasteiger partial charge in [-0.15, -0.1) is 0 Å². The molecular formula is C11H13F2N3O3. The fourth-order valence-corrected chi connectivity index (χ4v) is 1.34. The summed E-state index contributed by atoms with van der Waals surface area (Å²) in [5.41, 5.74) is -1.24. The number of carbonyl (C=O) groups excluding carboxylic acids is 1. The number of rotatable bonds is 5. The second-order valence-corrected chi connectivity index (χ2v) is 3.77. The van der Waals surface area contributed by atoms with Crippen LogP contribution in [-0.2, 0) is 4.79 Å². The van der Waals surface area contributed by atoms with Crippen molar-refractivity contribution in [3.63, 3.8) is 0 Å². The second kappa shape index (κ2) is 6.07. The molecule has 0 saturated carbocycles. The molecular weight excluding hydrogens is 260 g/mol. The number of likely N-dealkylation sites (N-methyl/N-ethyl adjacent to an activating group) is 1. The zero-order valence-electron chi connectivity index (χ0n) is 10.4. The van der Waals surface area contributed by atoms with Gasteiger partial charge in [-0.1, -0.05) is 0 Å². The summed E-state index contributed by atoms with van der Waals surface area (Å²) >= 11 is 0. The Morgan fingerprint density at radius 1 is 1.47 bits per heavy atom. The highest BCUT2D eigenvalue weighted by molar-refractivity contribution is 5.81. The van der Waals surface area contributed by atoms with E-state index < -0.39 is 27.9 Å². The van der Waals surface area contributed by atoms with Crippen molar-refractivity contribution in [2.75, 3.05) is 25.5 Å². The Bertz CT molecular complexity index is 508. The summed E-state index contributed by atoms with van der Waals surface area (Å²) < 4.78 is 26.5. The van der Waals surface area contributed by atoms with Crippen LogP contribution >= 0.6 is 0 Å². The Labute approximate surface area is 108 Å². The van der Waals surface area contributed by atoms with Crippen molar-refractivity contribution >= 4 is 17.3 Å². The van der Waals surface area contributed by atoms with Gasteiger partial charge in [-0.2, -0.15) is 0 Å². The largest absolute Gasteiger partial charge is 0.368 e. The molecule has 0 heterocycles. The van der Waals surface area contributed by atoms with Gasteiger partial charge in [0.1, 0.15) is 0 Å². The highest BCUT2D eigenvalue weighted by atomic mass is 19.2. The molecule has 0 aliphatic rings. The molecule has 0 unspecified atom stereocenters. The molecule has 0 aliphatic carbocycles. The van der Waals surface area contributed by atoms with Crippen molar-refractivity contribution in [1.82, 2.24) is 4.90 Å².